The van der Waals surface area contributed by atoms with Gasteiger partial charge >= 0.3 is 5.97 Å². The number of carbonyl (C=O) groups is 2. The number of aromatic carboxylic acids is 1. The number of hydrogen-bond acceptors (Lipinski definition) is 7. The lowest BCUT2D eigenvalue weighted by Crippen LogP contribution is -3.11. The maximum Gasteiger partial charge on any atom is 0.359 e. The molecule has 0 aliphatic heterocycles. The van der Waals surface area contributed by atoms with Crippen LogP contribution in [0, 0.1) is 0 Å². The summed E-state index contributed by atoms with van der Waals surface area (Å²) in [6.07, 6.45) is 0. The number of quaternary nitrogens is 1. The van der Waals surface area contributed by atoms with Crippen molar-refractivity contribution in [1.29, 1.82) is 0 Å². The quantitative estimate of drug-likeness (QED) is 0.217. The smallest absolute Gasteiger partial charge is 0.359 e. The van der Waals surface area contributed by atoms with Gasteiger partial charge in [-0.2, -0.15) is 0 Å². The number of carbonyl (C=O) groups excluding carboxylic acids is 2. The van der Waals surface area contributed by atoms with Crippen LogP contribution in [0.4, 0.5) is 0 Å². The summed E-state index contributed by atoms with van der Waals surface area (Å²) in [5.74, 6) is -1.92. The molecule has 0 amide bonds. The predicted octanol–water partition coefficient (Wildman–Crippen LogP) is 4.12. The Balaban J connectivity index is 0.000000676. The molecule has 44 heavy (non-hydrogen) atoms. The molecule has 0 aliphatic carbocycles. The Morgan fingerprint density at radius 3 is 1.57 bits per heavy atom. The third-order valence-corrected chi connectivity index (χ3v) is 7.03. The monoisotopic (exact) mass is 602 g/mol. The Kier molecular flexibility index (Phi) is 13.3. The molecule has 0 atom stereocenters. The lowest BCUT2D eigenvalue weighted by Gasteiger charge is -2.14. The SMILES string of the molecule is CCOC(=O)c1c(OCc2ccccc2)c(OCc2ccccc2)c(C(=O)[O-])n1-c1ccc(OC)cc1.CC[NH+](CC)CC. The number of nitrogens with one attached hydrogen (secondary N) is 1. The highest BCUT2D eigenvalue weighted by Crippen LogP contribution is 2.42. The van der Waals surface area contributed by atoms with Crippen LogP contribution in [0.3, 0.4) is 0 Å². The molecule has 3 aromatic carbocycles. The topological polar surface area (TPSA) is 103 Å². The molecule has 0 unspecified atom stereocenters. The van der Waals surface area contributed by atoms with E-state index in [4.69, 9.17) is 18.9 Å². The Labute approximate surface area is 259 Å². The first kappa shape index (κ1) is 33.7. The van der Waals surface area contributed by atoms with Gasteiger partial charge in [-0.3, -0.25) is 4.57 Å². The van der Waals surface area contributed by atoms with E-state index in [0.29, 0.717) is 11.4 Å². The number of methoxy groups -OCH3 is 1. The van der Waals surface area contributed by atoms with Gasteiger partial charge in [0.2, 0.25) is 0 Å². The first-order valence-electron chi connectivity index (χ1n) is 14.9. The zero-order valence-electron chi connectivity index (χ0n) is 26.1. The summed E-state index contributed by atoms with van der Waals surface area (Å²) in [5.41, 5.74) is 1.49. The lowest BCUT2D eigenvalue weighted by atomic mass is 10.2. The maximum atomic E-state index is 13.2. The third kappa shape index (κ3) is 8.87. The standard InChI is InChI=1S/C29H27NO7.C6H15N/c1-3-35-29(33)25-27(37-19-21-12-8-5-9-13-21)26(36-18-20-10-6-4-7-11-20)24(28(31)32)30(25)22-14-16-23(34-2)17-15-22;1-4-7(5-2)6-3/h4-17H,3,18-19H2,1-2H3,(H,31,32);4-6H2,1-3H3. The van der Waals surface area contributed by atoms with Crippen molar-refractivity contribution in [2.24, 2.45) is 0 Å². The summed E-state index contributed by atoms with van der Waals surface area (Å²) in [7, 11) is 1.52. The molecule has 1 heterocycles. The van der Waals surface area contributed by atoms with Gasteiger partial charge in [-0.15, -0.1) is 0 Å². The molecule has 1 N–H and O–H groups in total. The van der Waals surface area contributed by atoms with Crippen molar-refractivity contribution in [2.45, 2.75) is 40.9 Å². The predicted molar refractivity (Wildman–Crippen MR) is 167 cm³/mol. The molecule has 1 aromatic heterocycles. The molecule has 4 rings (SSSR count). The second-order valence-corrected chi connectivity index (χ2v) is 9.76. The minimum absolute atomic E-state index is 0.0394. The molecular weight excluding hydrogens is 560 g/mol. The summed E-state index contributed by atoms with van der Waals surface area (Å²) in [6.45, 7) is 12.3. The van der Waals surface area contributed by atoms with Crippen LogP contribution in [-0.4, -0.2) is 49.9 Å². The van der Waals surface area contributed by atoms with Gasteiger partial charge in [0.1, 0.15) is 24.7 Å². The van der Waals surface area contributed by atoms with Crippen LogP contribution in [0.25, 0.3) is 5.69 Å². The summed E-state index contributed by atoms with van der Waals surface area (Å²) >= 11 is 0. The number of nitrogens with zero attached hydrogens (tertiary/aromatic N) is 1. The zero-order chi connectivity index (χ0) is 31.9. The first-order valence-corrected chi connectivity index (χ1v) is 14.9. The van der Waals surface area contributed by atoms with E-state index in [1.165, 1.54) is 31.3 Å². The van der Waals surface area contributed by atoms with E-state index >= 15 is 0 Å². The lowest BCUT2D eigenvalue weighted by molar-refractivity contribution is -0.894. The van der Waals surface area contributed by atoms with Gasteiger partial charge in [-0.05, 0) is 63.1 Å². The highest BCUT2D eigenvalue weighted by atomic mass is 16.5. The van der Waals surface area contributed by atoms with Crippen LogP contribution >= 0.6 is 0 Å². The highest BCUT2D eigenvalue weighted by Gasteiger charge is 2.32. The molecule has 0 saturated heterocycles. The zero-order valence-corrected chi connectivity index (χ0v) is 26.1. The summed E-state index contributed by atoms with van der Waals surface area (Å²) < 4.78 is 23.9. The normalized spacial score (nSPS) is 10.5. The van der Waals surface area contributed by atoms with E-state index < -0.39 is 11.9 Å². The summed E-state index contributed by atoms with van der Waals surface area (Å²) in [5, 5.41) is 12.5. The van der Waals surface area contributed by atoms with Gasteiger partial charge < -0.3 is 33.7 Å². The number of benzene rings is 3. The van der Waals surface area contributed by atoms with Crippen LogP contribution in [0.1, 0.15) is 59.8 Å². The molecule has 0 aliphatic rings. The molecule has 234 valence electrons. The highest BCUT2D eigenvalue weighted by molar-refractivity contribution is 5.99. The largest absolute Gasteiger partial charge is 0.543 e. The number of ether oxygens (including phenoxy) is 4. The second-order valence-electron chi connectivity index (χ2n) is 9.76. The molecule has 0 fully saturated rings. The van der Waals surface area contributed by atoms with Crippen LogP contribution in [0.5, 0.6) is 17.2 Å². The van der Waals surface area contributed by atoms with Crippen molar-refractivity contribution in [3.8, 4) is 22.9 Å². The Bertz CT molecular complexity index is 1440. The fraction of sp³-hybridized carbons (Fsp3) is 0.314. The maximum absolute atomic E-state index is 13.2. The van der Waals surface area contributed by atoms with Crippen molar-refractivity contribution in [2.75, 3.05) is 33.4 Å². The van der Waals surface area contributed by atoms with Crippen molar-refractivity contribution >= 4 is 11.9 Å². The number of carboxylic acids is 1. The second kappa shape index (κ2) is 17.4. The van der Waals surface area contributed by atoms with Crippen LogP contribution in [0.2, 0.25) is 0 Å². The van der Waals surface area contributed by atoms with E-state index in [0.717, 1.165) is 11.1 Å². The fourth-order valence-corrected chi connectivity index (χ4v) is 4.56. The van der Waals surface area contributed by atoms with E-state index in [2.05, 4.69) is 20.8 Å². The number of aromatic nitrogens is 1. The van der Waals surface area contributed by atoms with Crippen molar-refractivity contribution in [3.05, 3.63) is 107 Å². The van der Waals surface area contributed by atoms with Crippen molar-refractivity contribution < 1.29 is 38.5 Å². The van der Waals surface area contributed by atoms with Gasteiger partial charge in [0.15, 0.2) is 17.2 Å². The van der Waals surface area contributed by atoms with Gasteiger partial charge in [-0.25, -0.2) is 4.79 Å². The molecule has 9 nitrogen and oxygen atoms in total. The van der Waals surface area contributed by atoms with Crippen molar-refractivity contribution in [3.63, 3.8) is 0 Å². The van der Waals surface area contributed by atoms with Gasteiger partial charge in [-0.1, -0.05) is 60.7 Å². The first-order chi connectivity index (χ1) is 21.4. The molecular formula is C35H42N2O7. The Hall–Kier alpha value is -4.76. The minimum Gasteiger partial charge on any atom is -0.543 e. The van der Waals surface area contributed by atoms with Crippen LogP contribution in [-0.2, 0) is 18.0 Å². The molecule has 0 radical (unpaired) electrons. The van der Waals surface area contributed by atoms with Gasteiger partial charge in [0, 0.05) is 5.69 Å². The molecule has 0 saturated carbocycles. The van der Waals surface area contributed by atoms with E-state index in [-0.39, 0.29) is 42.7 Å². The van der Waals surface area contributed by atoms with E-state index in [1.54, 1.807) is 36.1 Å². The van der Waals surface area contributed by atoms with E-state index in [1.807, 2.05) is 60.7 Å². The summed E-state index contributed by atoms with van der Waals surface area (Å²) in [4.78, 5) is 27.4. The number of rotatable bonds is 14. The van der Waals surface area contributed by atoms with Gasteiger partial charge in [0.05, 0.1) is 39.3 Å². The van der Waals surface area contributed by atoms with E-state index in [9.17, 15) is 14.7 Å². The van der Waals surface area contributed by atoms with Gasteiger partial charge in [0.25, 0.3) is 0 Å². The average molecular weight is 603 g/mol. The summed E-state index contributed by atoms with van der Waals surface area (Å²) in [6, 6.07) is 25.1. The number of hydrogen-bond donors (Lipinski definition) is 1. The Morgan fingerprint density at radius 1 is 0.705 bits per heavy atom. The molecule has 4 aromatic rings. The average Bonchev–Trinajstić information content (AvgIpc) is 3.39. The minimum atomic E-state index is -1.54. The Morgan fingerprint density at radius 2 is 1.18 bits per heavy atom. The number of carboxylic acid groups (broad SMARTS) is 1. The molecule has 9 heteroatoms. The van der Waals surface area contributed by atoms with Crippen LogP contribution in [0.15, 0.2) is 84.9 Å². The number of esters is 1. The van der Waals surface area contributed by atoms with Crippen molar-refractivity contribution in [1.82, 2.24) is 4.57 Å². The van der Waals surface area contributed by atoms with Crippen LogP contribution < -0.4 is 24.2 Å². The third-order valence-electron chi connectivity index (χ3n) is 7.03. The molecule has 0 bridgehead atoms. The molecule has 0 spiro atoms. The fourth-order valence-electron chi connectivity index (χ4n) is 4.56.